The van der Waals surface area contributed by atoms with Crippen molar-refractivity contribution in [1.82, 2.24) is 4.98 Å². The smallest absolute Gasteiger partial charge is 0.150 e. The molecule has 2 aromatic carbocycles. The first kappa shape index (κ1) is 14.7. The van der Waals surface area contributed by atoms with Gasteiger partial charge >= 0.3 is 0 Å². The topological polar surface area (TPSA) is 48.7 Å². The Kier molecular flexibility index (Phi) is 3.48. The second kappa shape index (κ2) is 5.67. The van der Waals surface area contributed by atoms with E-state index in [4.69, 9.17) is 11.6 Å². The molecule has 1 aliphatic rings. The van der Waals surface area contributed by atoms with E-state index in [1.54, 1.807) is 6.20 Å². The van der Waals surface area contributed by atoms with E-state index in [9.17, 15) is 5.26 Å². The quantitative estimate of drug-likeness (QED) is 0.739. The minimum absolute atomic E-state index is 0.256. The lowest BCUT2D eigenvalue weighted by molar-refractivity contribution is 0.574. The number of aromatic nitrogens is 1. The van der Waals surface area contributed by atoms with Gasteiger partial charge in [0.15, 0.2) is 5.41 Å². The Morgan fingerprint density at radius 3 is 2.62 bits per heavy atom. The van der Waals surface area contributed by atoms with E-state index in [2.05, 4.69) is 16.4 Å². The van der Waals surface area contributed by atoms with Crippen molar-refractivity contribution in [1.29, 1.82) is 5.26 Å². The molecule has 0 radical (unpaired) electrons. The number of halogens is 1. The summed E-state index contributed by atoms with van der Waals surface area (Å²) in [6.45, 7) is 0. The zero-order valence-corrected chi connectivity index (χ0v) is 13.5. The maximum absolute atomic E-state index is 10.3. The first-order valence-electron chi connectivity index (χ1n) is 7.70. The number of benzene rings is 2. The number of anilines is 1. The molecule has 116 valence electrons. The molecule has 0 bridgehead atoms. The van der Waals surface area contributed by atoms with Gasteiger partial charge in [-0.3, -0.25) is 4.98 Å². The average Bonchev–Trinajstić information content (AvgIpc) is 2.98. The molecule has 2 heterocycles. The standard InChI is InChI=1S/C20H14ClN3/c21-16-9-4-6-14(12-16)18-20(13-22,15-7-2-1-3-8-15)19-17(24-18)10-5-11-23-19/h1-12,18,24H/t18-,20-/m0/s1. The third kappa shape index (κ3) is 2.08. The molecule has 1 aromatic heterocycles. The van der Waals surface area contributed by atoms with Gasteiger partial charge in [0.1, 0.15) is 0 Å². The zero-order valence-electron chi connectivity index (χ0n) is 12.8. The van der Waals surface area contributed by atoms with E-state index in [-0.39, 0.29) is 6.04 Å². The van der Waals surface area contributed by atoms with Gasteiger partial charge in [0.25, 0.3) is 0 Å². The molecule has 0 fully saturated rings. The molecule has 0 spiro atoms. The van der Waals surface area contributed by atoms with Crippen LogP contribution in [0.1, 0.15) is 22.9 Å². The Hall–Kier alpha value is -2.83. The largest absolute Gasteiger partial charge is 0.374 e. The van der Waals surface area contributed by atoms with E-state index in [0.717, 1.165) is 22.5 Å². The van der Waals surface area contributed by atoms with Gasteiger partial charge in [-0.05, 0) is 35.4 Å². The molecule has 0 saturated carbocycles. The Bertz CT molecular complexity index is 933. The molecular formula is C20H14ClN3. The van der Waals surface area contributed by atoms with Crippen molar-refractivity contribution in [3.05, 3.63) is 94.8 Å². The number of pyridine rings is 1. The molecule has 1 N–H and O–H groups in total. The highest BCUT2D eigenvalue weighted by molar-refractivity contribution is 6.30. The molecule has 24 heavy (non-hydrogen) atoms. The minimum Gasteiger partial charge on any atom is -0.374 e. The zero-order chi connectivity index (χ0) is 16.6. The van der Waals surface area contributed by atoms with Gasteiger partial charge in [0.2, 0.25) is 0 Å². The molecule has 4 heteroatoms. The van der Waals surface area contributed by atoms with E-state index in [0.29, 0.717) is 5.02 Å². The minimum atomic E-state index is -0.900. The molecular weight excluding hydrogens is 318 g/mol. The number of hydrogen-bond acceptors (Lipinski definition) is 3. The fourth-order valence-corrected chi connectivity index (χ4v) is 3.64. The highest BCUT2D eigenvalue weighted by atomic mass is 35.5. The van der Waals surface area contributed by atoms with Gasteiger partial charge in [0.05, 0.1) is 23.5 Å². The van der Waals surface area contributed by atoms with Crippen LogP contribution in [-0.2, 0) is 5.41 Å². The van der Waals surface area contributed by atoms with Crippen LogP contribution >= 0.6 is 11.6 Å². The molecule has 0 saturated heterocycles. The van der Waals surface area contributed by atoms with Crippen molar-refractivity contribution in [2.45, 2.75) is 11.5 Å². The van der Waals surface area contributed by atoms with E-state index in [1.165, 1.54) is 0 Å². The van der Waals surface area contributed by atoms with Crippen molar-refractivity contribution >= 4 is 17.3 Å². The summed E-state index contributed by atoms with van der Waals surface area (Å²) in [5, 5.41) is 14.4. The van der Waals surface area contributed by atoms with E-state index in [1.807, 2.05) is 66.7 Å². The lowest BCUT2D eigenvalue weighted by Gasteiger charge is -2.29. The van der Waals surface area contributed by atoms with Gasteiger partial charge < -0.3 is 5.32 Å². The number of nitriles is 1. The monoisotopic (exact) mass is 331 g/mol. The average molecular weight is 332 g/mol. The lowest BCUT2D eigenvalue weighted by Crippen LogP contribution is -2.32. The van der Waals surface area contributed by atoms with Crippen molar-refractivity contribution in [3.63, 3.8) is 0 Å². The predicted octanol–water partition coefficient (Wildman–Crippen LogP) is 4.71. The van der Waals surface area contributed by atoms with Crippen molar-refractivity contribution in [3.8, 4) is 6.07 Å². The van der Waals surface area contributed by atoms with Crippen LogP contribution in [0.2, 0.25) is 5.02 Å². The SMILES string of the molecule is N#C[C@@]1(c2ccccc2)c2ncccc2N[C@H]1c1cccc(Cl)c1. The van der Waals surface area contributed by atoms with E-state index >= 15 is 0 Å². The first-order valence-corrected chi connectivity index (χ1v) is 8.08. The molecule has 0 unspecified atom stereocenters. The van der Waals surface area contributed by atoms with Gasteiger partial charge in [-0.2, -0.15) is 5.26 Å². The second-order valence-electron chi connectivity index (χ2n) is 5.82. The molecule has 4 rings (SSSR count). The van der Waals surface area contributed by atoms with Crippen LogP contribution in [0.3, 0.4) is 0 Å². The summed E-state index contributed by atoms with van der Waals surface area (Å²) in [6.07, 6.45) is 1.73. The van der Waals surface area contributed by atoms with Crippen LogP contribution in [0.15, 0.2) is 72.9 Å². The van der Waals surface area contributed by atoms with Gasteiger partial charge in [-0.15, -0.1) is 0 Å². The molecule has 0 amide bonds. The highest BCUT2D eigenvalue weighted by Gasteiger charge is 2.51. The van der Waals surface area contributed by atoms with Gasteiger partial charge in [-0.25, -0.2) is 0 Å². The van der Waals surface area contributed by atoms with Crippen LogP contribution < -0.4 is 5.32 Å². The summed E-state index contributed by atoms with van der Waals surface area (Å²) in [7, 11) is 0. The summed E-state index contributed by atoms with van der Waals surface area (Å²) in [4.78, 5) is 4.54. The van der Waals surface area contributed by atoms with E-state index < -0.39 is 5.41 Å². The maximum Gasteiger partial charge on any atom is 0.150 e. The fourth-order valence-electron chi connectivity index (χ4n) is 3.44. The Labute approximate surface area is 145 Å². The lowest BCUT2D eigenvalue weighted by atomic mass is 9.72. The predicted molar refractivity (Wildman–Crippen MR) is 94.9 cm³/mol. The Morgan fingerprint density at radius 1 is 1.04 bits per heavy atom. The molecule has 2 atom stereocenters. The summed E-state index contributed by atoms with van der Waals surface area (Å²) < 4.78 is 0. The second-order valence-corrected chi connectivity index (χ2v) is 6.25. The van der Waals surface area contributed by atoms with Gasteiger partial charge in [-0.1, -0.05) is 54.1 Å². The van der Waals surface area contributed by atoms with Crippen LogP contribution in [0.25, 0.3) is 0 Å². The number of rotatable bonds is 2. The summed E-state index contributed by atoms with van der Waals surface area (Å²) in [6, 6.07) is 23.6. The van der Waals surface area contributed by atoms with Crippen molar-refractivity contribution in [2.24, 2.45) is 0 Å². The Balaban J connectivity index is 1.99. The number of fused-ring (bicyclic) bond motifs is 1. The van der Waals surface area contributed by atoms with Crippen LogP contribution in [-0.4, -0.2) is 4.98 Å². The molecule has 3 aromatic rings. The third-order valence-electron chi connectivity index (χ3n) is 4.50. The number of nitrogens with zero attached hydrogens (tertiary/aromatic N) is 2. The molecule has 1 aliphatic heterocycles. The van der Waals surface area contributed by atoms with Crippen molar-refractivity contribution < 1.29 is 0 Å². The number of nitrogens with one attached hydrogen (secondary N) is 1. The highest BCUT2D eigenvalue weighted by Crippen LogP contribution is 2.51. The van der Waals surface area contributed by atoms with Crippen LogP contribution in [0.4, 0.5) is 5.69 Å². The number of hydrogen-bond donors (Lipinski definition) is 1. The van der Waals surface area contributed by atoms with Crippen molar-refractivity contribution in [2.75, 3.05) is 5.32 Å². The maximum atomic E-state index is 10.3. The third-order valence-corrected chi connectivity index (χ3v) is 4.74. The summed E-state index contributed by atoms with van der Waals surface area (Å²) >= 11 is 6.19. The van der Waals surface area contributed by atoms with Crippen LogP contribution in [0, 0.1) is 11.3 Å². The fraction of sp³-hybridized carbons (Fsp3) is 0.100. The van der Waals surface area contributed by atoms with Crippen LogP contribution in [0.5, 0.6) is 0 Å². The normalized spacial score (nSPS) is 21.6. The summed E-state index contributed by atoms with van der Waals surface area (Å²) in [5.41, 5.74) is 2.62. The molecule has 3 nitrogen and oxygen atoms in total. The first-order chi connectivity index (χ1) is 11.8. The Morgan fingerprint density at radius 2 is 1.88 bits per heavy atom. The summed E-state index contributed by atoms with van der Waals surface area (Å²) in [5.74, 6) is 0. The van der Waals surface area contributed by atoms with Gasteiger partial charge in [0, 0.05) is 11.2 Å². The molecule has 0 aliphatic carbocycles.